The number of fused-ring (bicyclic) bond motifs is 1. The molecule has 0 spiro atoms. The minimum atomic E-state index is -0.597. The molecule has 0 fully saturated rings. The average molecular weight is 397 g/mol. The predicted molar refractivity (Wildman–Crippen MR) is 110 cm³/mol. The topological polar surface area (TPSA) is 72.5 Å². The summed E-state index contributed by atoms with van der Waals surface area (Å²) >= 11 is 1.44. The van der Waals surface area contributed by atoms with Crippen LogP contribution in [0.25, 0.3) is 0 Å². The Morgan fingerprint density at radius 3 is 2.36 bits per heavy atom. The molecular weight excluding hydrogens is 374 g/mol. The van der Waals surface area contributed by atoms with Crippen LogP contribution < -0.4 is 5.32 Å². The predicted octanol–water partition coefficient (Wildman–Crippen LogP) is 4.46. The van der Waals surface area contributed by atoms with Crippen LogP contribution in [0, 0.1) is 0 Å². The van der Waals surface area contributed by atoms with Crippen LogP contribution in [0.5, 0.6) is 0 Å². The number of Topliss-reactive ketones (excluding diaryl/α,β-unsaturated/α-hetero) is 1. The first-order valence-corrected chi connectivity index (χ1v) is 9.95. The number of nitrogens with one attached hydrogen (secondary N) is 1. The molecule has 3 rings (SSSR count). The first kappa shape index (κ1) is 20.1. The molecule has 6 heteroatoms. The Morgan fingerprint density at radius 1 is 1.07 bits per heavy atom. The molecule has 0 aromatic heterocycles. The molecule has 146 valence electrons. The summed E-state index contributed by atoms with van der Waals surface area (Å²) in [4.78, 5) is 37.3. The summed E-state index contributed by atoms with van der Waals surface area (Å²) in [6.07, 6.45) is 0. The molecule has 0 radical (unpaired) electrons. The molecule has 0 saturated heterocycles. The summed E-state index contributed by atoms with van der Waals surface area (Å²) < 4.78 is 5.17. The highest BCUT2D eigenvalue weighted by Gasteiger charge is 2.24. The third-order valence-corrected chi connectivity index (χ3v) is 5.73. The summed E-state index contributed by atoms with van der Waals surface area (Å²) in [5.41, 5.74) is 2.52. The molecule has 2 aromatic carbocycles. The van der Waals surface area contributed by atoms with Gasteiger partial charge in [0.1, 0.15) is 0 Å². The van der Waals surface area contributed by atoms with Crippen molar-refractivity contribution < 1.29 is 19.1 Å². The zero-order valence-electron chi connectivity index (χ0n) is 16.4. The van der Waals surface area contributed by atoms with Gasteiger partial charge in [0, 0.05) is 10.5 Å². The van der Waals surface area contributed by atoms with Crippen LogP contribution >= 0.6 is 11.8 Å². The normalized spacial score (nSPS) is 16.1. The average Bonchev–Trinajstić information content (AvgIpc) is 2.65. The number of thioether (sulfide) groups is 1. The summed E-state index contributed by atoms with van der Waals surface area (Å²) in [6, 6.07) is 12.3. The van der Waals surface area contributed by atoms with Crippen LogP contribution in [0.2, 0.25) is 0 Å². The summed E-state index contributed by atoms with van der Waals surface area (Å²) in [7, 11) is 0. The van der Waals surface area contributed by atoms with Crippen molar-refractivity contribution in [1.29, 1.82) is 0 Å². The molecule has 1 aliphatic heterocycles. The van der Waals surface area contributed by atoms with E-state index >= 15 is 0 Å². The smallest absolute Gasteiger partial charge is 0.338 e. The van der Waals surface area contributed by atoms with Gasteiger partial charge < -0.3 is 10.1 Å². The van der Waals surface area contributed by atoms with Crippen molar-refractivity contribution in [3.63, 3.8) is 0 Å². The second-order valence-corrected chi connectivity index (χ2v) is 9.17. The van der Waals surface area contributed by atoms with Crippen molar-refractivity contribution in [3.8, 4) is 0 Å². The maximum Gasteiger partial charge on any atom is 0.338 e. The Labute approximate surface area is 168 Å². The number of carbonyl (C=O) groups excluding carboxylic acids is 3. The number of hydrogen-bond acceptors (Lipinski definition) is 5. The van der Waals surface area contributed by atoms with E-state index in [0.717, 1.165) is 10.5 Å². The van der Waals surface area contributed by atoms with Crippen LogP contribution in [0.1, 0.15) is 54.0 Å². The first-order chi connectivity index (χ1) is 13.1. The van der Waals surface area contributed by atoms with E-state index in [-0.39, 0.29) is 29.0 Å². The van der Waals surface area contributed by atoms with Crippen LogP contribution in [0.4, 0.5) is 5.69 Å². The van der Waals surface area contributed by atoms with Crippen molar-refractivity contribution in [1.82, 2.24) is 0 Å². The quantitative estimate of drug-likeness (QED) is 0.609. The fraction of sp³-hybridized carbons (Fsp3) is 0.318. The van der Waals surface area contributed by atoms with E-state index in [0.29, 0.717) is 16.8 Å². The fourth-order valence-electron chi connectivity index (χ4n) is 2.79. The lowest BCUT2D eigenvalue weighted by Gasteiger charge is -2.21. The van der Waals surface area contributed by atoms with Gasteiger partial charge in [-0.1, -0.05) is 45.0 Å². The van der Waals surface area contributed by atoms with Crippen LogP contribution in [-0.4, -0.2) is 29.5 Å². The number of amides is 1. The number of rotatable bonds is 4. The summed E-state index contributed by atoms with van der Waals surface area (Å²) in [6.45, 7) is 7.80. The number of benzene rings is 2. The largest absolute Gasteiger partial charge is 0.454 e. The van der Waals surface area contributed by atoms with E-state index in [9.17, 15) is 14.4 Å². The van der Waals surface area contributed by atoms with Crippen LogP contribution in [-0.2, 0) is 14.9 Å². The second-order valence-electron chi connectivity index (χ2n) is 7.79. The van der Waals surface area contributed by atoms with E-state index < -0.39 is 5.97 Å². The molecule has 1 amide bonds. The Morgan fingerprint density at radius 2 is 1.71 bits per heavy atom. The Kier molecular flexibility index (Phi) is 5.61. The van der Waals surface area contributed by atoms with E-state index in [2.05, 4.69) is 26.1 Å². The highest BCUT2D eigenvalue weighted by molar-refractivity contribution is 8.00. The highest BCUT2D eigenvalue weighted by Crippen LogP contribution is 2.36. The lowest BCUT2D eigenvalue weighted by atomic mass is 9.86. The molecule has 1 unspecified atom stereocenters. The van der Waals surface area contributed by atoms with Crippen LogP contribution in [0.3, 0.4) is 0 Å². The zero-order chi connectivity index (χ0) is 20.5. The van der Waals surface area contributed by atoms with E-state index in [1.165, 1.54) is 11.8 Å². The van der Waals surface area contributed by atoms with E-state index in [1.54, 1.807) is 30.3 Å². The highest BCUT2D eigenvalue weighted by atomic mass is 32.2. The maximum absolute atomic E-state index is 12.3. The minimum absolute atomic E-state index is 0.00594. The van der Waals surface area contributed by atoms with Gasteiger partial charge in [-0.2, -0.15) is 0 Å². The van der Waals surface area contributed by atoms with Crippen molar-refractivity contribution in [3.05, 3.63) is 59.2 Å². The van der Waals surface area contributed by atoms with Crippen molar-refractivity contribution in [2.75, 3.05) is 11.9 Å². The SMILES string of the molecule is CC1Sc2ccc(C(=O)OCC(=O)c3ccc(C(C)(C)C)cc3)cc2NC1=O. The van der Waals surface area contributed by atoms with Gasteiger partial charge in [-0.25, -0.2) is 4.79 Å². The molecule has 0 bridgehead atoms. The molecule has 2 aromatic rings. The van der Waals surface area contributed by atoms with Gasteiger partial charge in [-0.15, -0.1) is 11.8 Å². The summed E-state index contributed by atoms with van der Waals surface area (Å²) in [5, 5.41) is 2.60. The second kappa shape index (κ2) is 7.80. The van der Waals surface area contributed by atoms with Gasteiger partial charge >= 0.3 is 5.97 Å². The third-order valence-electron chi connectivity index (χ3n) is 4.55. The molecule has 1 N–H and O–H groups in total. The van der Waals surface area contributed by atoms with E-state index in [4.69, 9.17) is 4.74 Å². The van der Waals surface area contributed by atoms with Crippen LogP contribution in [0.15, 0.2) is 47.4 Å². The number of ketones is 1. The number of ether oxygens (including phenoxy) is 1. The van der Waals surface area contributed by atoms with Gasteiger partial charge in [0.25, 0.3) is 0 Å². The number of hydrogen-bond donors (Lipinski definition) is 1. The lowest BCUT2D eigenvalue weighted by Crippen LogP contribution is -2.26. The van der Waals surface area contributed by atoms with E-state index in [1.807, 2.05) is 19.1 Å². The zero-order valence-corrected chi connectivity index (χ0v) is 17.2. The summed E-state index contributed by atoms with van der Waals surface area (Å²) in [5.74, 6) is -0.957. The fourth-order valence-corrected chi connectivity index (χ4v) is 3.72. The van der Waals surface area contributed by atoms with Gasteiger partial charge in [0.15, 0.2) is 12.4 Å². The van der Waals surface area contributed by atoms with Gasteiger partial charge in [-0.05, 0) is 36.1 Å². The molecule has 0 saturated carbocycles. The van der Waals surface area contributed by atoms with Crippen molar-refractivity contribution >= 4 is 35.1 Å². The van der Waals surface area contributed by atoms with Gasteiger partial charge in [-0.3, -0.25) is 9.59 Å². The molecule has 0 aliphatic carbocycles. The lowest BCUT2D eigenvalue weighted by molar-refractivity contribution is -0.115. The standard InChI is InChI=1S/C22H23NO4S/c1-13-20(25)23-17-11-15(7-10-19(17)28-13)21(26)27-12-18(24)14-5-8-16(9-6-14)22(2,3)4/h5-11,13H,12H2,1-4H3,(H,23,25). The monoisotopic (exact) mass is 397 g/mol. The Balaban J connectivity index is 1.63. The molecule has 1 aliphatic rings. The molecule has 5 nitrogen and oxygen atoms in total. The third kappa shape index (κ3) is 4.44. The molecular formula is C22H23NO4S. The Hall–Kier alpha value is -2.60. The van der Waals surface area contributed by atoms with Gasteiger partial charge in [0.2, 0.25) is 5.91 Å². The Bertz CT molecular complexity index is 929. The molecule has 1 heterocycles. The molecule has 1 atom stereocenters. The first-order valence-electron chi connectivity index (χ1n) is 9.07. The van der Waals surface area contributed by atoms with Crippen molar-refractivity contribution in [2.45, 2.75) is 43.3 Å². The van der Waals surface area contributed by atoms with Crippen molar-refractivity contribution in [2.24, 2.45) is 0 Å². The minimum Gasteiger partial charge on any atom is -0.454 e. The van der Waals surface area contributed by atoms with Gasteiger partial charge in [0.05, 0.1) is 16.5 Å². The number of esters is 1. The number of carbonyl (C=O) groups is 3. The molecule has 28 heavy (non-hydrogen) atoms. The number of anilines is 1. The maximum atomic E-state index is 12.3.